The molecule has 200 valence electrons. The highest BCUT2D eigenvalue weighted by atomic mass is 32.3. The van der Waals surface area contributed by atoms with Crippen LogP contribution in [0.3, 0.4) is 0 Å². The third-order valence-electron chi connectivity index (χ3n) is 6.55. The summed E-state index contributed by atoms with van der Waals surface area (Å²) in [5.74, 6) is -2.76. The minimum Gasteiger partial charge on any atom is -0.459 e. The number of amides is 2. The van der Waals surface area contributed by atoms with Crippen molar-refractivity contribution >= 4 is 16.6 Å². The number of piperidine rings is 1. The summed E-state index contributed by atoms with van der Waals surface area (Å²) in [7, 11) is -1.09. The van der Waals surface area contributed by atoms with Gasteiger partial charge in [0.15, 0.2) is 0 Å². The second kappa shape index (κ2) is 10.9. The van der Waals surface area contributed by atoms with Crippen LogP contribution < -0.4 is 4.74 Å². The van der Waals surface area contributed by atoms with Crippen LogP contribution in [0.4, 0.5) is 13.6 Å². The molecule has 0 aliphatic carbocycles. The van der Waals surface area contributed by atoms with E-state index in [-0.39, 0.29) is 60.6 Å². The Morgan fingerprint density at radius 2 is 1.81 bits per heavy atom. The normalized spacial score (nSPS) is 23.4. The molecule has 1 aromatic carbocycles. The number of carbonyl (C=O) groups excluding carboxylic acids is 1. The lowest BCUT2D eigenvalue weighted by atomic mass is 9.84. The van der Waals surface area contributed by atoms with Crippen LogP contribution in [0.25, 0.3) is 0 Å². The molecule has 1 aromatic heterocycles. The molecule has 3 heterocycles. The molecule has 2 aliphatic heterocycles. The van der Waals surface area contributed by atoms with Gasteiger partial charge in [-0.2, -0.15) is 15.6 Å². The van der Waals surface area contributed by atoms with E-state index in [9.17, 15) is 22.7 Å². The molecule has 0 radical (unpaired) electrons. The van der Waals surface area contributed by atoms with Crippen molar-refractivity contribution in [1.82, 2.24) is 19.9 Å². The fraction of sp³-hybridized carbons (Fsp3) is 0.609. The van der Waals surface area contributed by atoms with E-state index in [1.807, 2.05) is 0 Å². The van der Waals surface area contributed by atoms with Crippen LogP contribution in [0.5, 0.6) is 6.01 Å². The number of carbonyl (C=O) groups is 1. The van der Waals surface area contributed by atoms with Crippen LogP contribution in [0, 0.1) is 0 Å². The standard InChI is InChI=1S/C23H32F2N4O6S/c1-23(24,25)19-5-3-16(4-6-19)17-13-18(20-26-21(27-35-20)34-10-9-33-2)15-29(14-17)22(30)28-7-11-36(31,32)12-8-28/h3-6,17-18,31-32H,7-15H2,1-2H3. The molecule has 0 spiro atoms. The van der Waals surface area contributed by atoms with Crippen molar-refractivity contribution in [3.63, 3.8) is 0 Å². The van der Waals surface area contributed by atoms with Crippen molar-refractivity contribution in [1.29, 1.82) is 0 Å². The Bertz CT molecular complexity index is 1020. The molecular formula is C23H32F2N4O6S. The maximum absolute atomic E-state index is 13.7. The van der Waals surface area contributed by atoms with Crippen molar-refractivity contribution in [2.75, 3.05) is 58.0 Å². The summed E-state index contributed by atoms with van der Waals surface area (Å²) in [4.78, 5) is 21.0. The number of aromatic nitrogens is 2. The van der Waals surface area contributed by atoms with Crippen molar-refractivity contribution in [2.45, 2.75) is 31.1 Å². The fourth-order valence-electron chi connectivity index (χ4n) is 4.50. The maximum Gasteiger partial charge on any atom is 0.354 e. The number of alkyl halides is 2. The predicted octanol–water partition coefficient (Wildman–Crippen LogP) is 3.97. The summed E-state index contributed by atoms with van der Waals surface area (Å²) in [6.45, 7) is 2.70. The lowest BCUT2D eigenvalue weighted by molar-refractivity contribution is 0.0174. The zero-order valence-electron chi connectivity index (χ0n) is 20.3. The van der Waals surface area contributed by atoms with Crippen LogP contribution >= 0.6 is 10.6 Å². The van der Waals surface area contributed by atoms with Crippen LogP contribution in [0.15, 0.2) is 28.8 Å². The fourth-order valence-corrected chi connectivity index (χ4v) is 5.73. The van der Waals surface area contributed by atoms with Crippen molar-refractivity contribution < 1.29 is 36.7 Å². The van der Waals surface area contributed by atoms with Gasteiger partial charge in [-0.1, -0.05) is 24.3 Å². The molecule has 0 saturated carbocycles. The number of nitrogens with zero attached hydrogens (tertiary/aromatic N) is 4. The van der Waals surface area contributed by atoms with Crippen LogP contribution in [0.2, 0.25) is 0 Å². The molecular weight excluding hydrogens is 498 g/mol. The van der Waals surface area contributed by atoms with E-state index in [0.717, 1.165) is 12.5 Å². The van der Waals surface area contributed by atoms with E-state index in [4.69, 9.17) is 14.0 Å². The van der Waals surface area contributed by atoms with Gasteiger partial charge < -0.3 is 23.8 Å². The summed E-state index contributed by atoms with van der Waals surface area (Å²) >= 11 is 0. The van der Waals surface area contributed by atoms with Gasteiger partial charge in [-0.25, -0.2) is 13.6 Å². The Balaban J connectivity index is 1.54. The number of halogens is 2. The molecule has 4 rings (SSSR count). The molecule has 2 amide bonds. The average molecular weight is 531 g/mol. The third kappa shape index (κ3) is 6.44. The summed E-state index contributed by atoms with van der Waals surface area (Å²) < 4.78 is 63.1. The van der Waals surface area contributed by atoms with Gasteiger partial charge >= 0.3 is 12.0 Å². The first-order chi connectivity index (χ1) is 17.1. The SMILES string of the molecule is COCCOc1noc(C2CC(c3ccc(C(C)(F)F)cc3)CN(C(=O)N3CCS(O)(O)CC3)C2)n1. The zero-order chi connectivity index (χ0) is 25.9. The quantitative estimate of drug-likeness (QED) is 0.516. The lowest BCUT2D eigenvalue weighted by Gasteiger charge is -2.44. The van der Waals surface area contributed by atoms with Crippen molar-refractivity contribution in [3.05, 3.63) is 41.3 Å². The van der Waals surface area contributed by atoms with E-state index in [1.165, 1.54) is 12.1 Å². The minimum atomic E-state index is -2.94. The molecule has 36 heavy (non-hydrogen) atoms. The summed E-state index contributed by atoms with van der Waals surface area (Å²) in [6.07, 6.45) is 0.575. The molecule has 10 nitrogen and oxygen atoms in total. The van der Waals surface area contributed by atoms with Crippen molar-refractivity contribution in [2.24, 2.45) is 0 Å². The molecule has 2 unspecified atom stereocenters. The number of likely N-dealkylation sites (tertiary alicyclic amines) is 1. The first-order valence-electron chi connectivity index (χ1n) is 11.8. The number of benzene rings is 1. The smallest absolute Gasteiger partial charge is 0.354 e. The molecule has 0 bridgehead atoms. The van der Waals surface area contributed by atoms with E-state index >= 15 is 0 Å². The van der Waals surface area contributed by atoms with Gasteiger partial charge in [-0.15, -0.1) is 0 Å². The van der Waals surface area contributed by atoms with Gasteiger partial charge in [0.25, 0.3) is 5.92 Å². The Kier molecular flexibility index (Phi) is 8.03. The average Bonchev–Trinajstić information content (AvgIpc) is 3.32. The molecule has 2 atom stereocenters. The van der Waals surface area contributed by atoms with Crippen LogP contribution in [0.1, 0.15) is 42.2 Å². The van der Waals surface area contributed by atoms with Gasteiger partial charge in [0.1, 0.15) is 6.61 Å². The molecule has 2 N–H and O–H groups in total. The molecule has 2 fully saturated rings. The van der Waals surface area contributed by atoms with E-state index in [1.54, 1.807) is 29.0 Å². The monoisotopic (exact) mass is 530 g/mol. The highest BCUT2D eigenvalue weighted by Crippen LogP contribution is 2.41. The number of rotatable bonds is 7. The first-order valence-corrected chi connectivity index (χ1v) is 13.7. The number of methoxy groups -OCH3 is 1. The second-order valence-corrected chi connectivity index (χ2v) is 11.7. The molecule has 13 heteroatoms. The van der Waals surface area contributed by atoms with Gasteiger partial charge in [0, 0.05) is 51.7 Å². The van der Waals surface area contributed by atoms with Gasteiger partial charge in [0.2, 0.25) is 5.89 Å². The summed E-state index contributed by atoms with van der Waals surface area (Å²) in [5.41, 5.74) is 0.753. The predicted molar refractivity (Wildman–Crippen MR) is 129 cm³/mol. The highest BCUT2D eigenvalue weighted by molar-refractivity contribution is 8.24. The topological polar surface area (TPSA) is 121 Å². The second-order valence-electron chi connectivity index (χ2n) is 9.28. The third-order valence-corrected chi connectivity index (χ3v) is 8.22. The largest absolute Gasteiger partial charge is 0.459 e. The number of hydrogen-bond acceptors (Lipinski definition) is 8. The van der Waals surface area contributed by atoms with Crippen LogP contribution in [-0.4, -0.2) is 93.1 Å². The summed E-state index contributed by atoms with van der Waals surface area (Å²) in [6, 6.07) is 6.03. The van der Waals surface area contributed by atoms with E-state index in [0.29, 0.717) is 32.0 Å². The van der Waals surface area contributed by atoms with Crippen molar-refractivity contribution in [3.8, 4) is 6.01 Å². The van der Waals surface area contributed by atoms with E-state index < -0.39 is 16.5 Å². The number of hydrogen-bond donors (Lipinski definition) is 2. The Hall–Kier alpha value is -2.48. The Morgan fingerprint density at radius 1 is 1.14 bits per heavy atom. The molecule has 2 saturated heterocycles. The van der Waals surface area contributed by atoms with E-state index in [2.05, 4.69) is 10.1 Å². The van der Waals surface area contributed by atoms with Gasteiger partial charge in [-0.3, -0.25) is 9.11 Å². The number of ether oxygens (including phenoxy) is 2. The Morgan fingerprint density at radius 3 is 2.44 bits per heavy atom. The van der Waals surface area contributed by atoms with Gasteiger partial charge in [-0.05, 0) is 17.1 Å². The molecule has 2 aliphatic rings. The number of urea groups is 1. The molecule has 2 aromatic rings. The summed E-state index contributed by atoms with van der Waals surface area (Å²) in [5, 5.41) is 3.86. The highest BCUT2D eigenvalue weighted by Gasteiger charge is 2.37. The van der Waals surface area contributed by atoms with Crippen LogP contribution in [-0.2, 0) is 10.7 Å². The minimum absolute atomic E-state index is 0.0754. The zero-order valence-corrected chi connectivity index (χ0v) is 21.1. The maximum atomic E-state index is 13.7. The Labute approximate surface area is 209 Å². The lowest BCUT2D eigenvalue weighted by Crippen LogP contribution is -2.52. The first kappa shape index (κ1) is 26.6. The van der Waals surface area contributed by atoms with Gasteiger partial charge in [0.05, 0.1) is 24.0 Å².